The zero-order valence-corrected chi connectivity index (χ0v) is 17.4. The highest BCUT2D eigenvalue weighted by atomic mass is 16.5. The summed E-state index contributed by atoms with van der Waals surface area (Å²) in [5.74, 6) is 0.919. The minimum absolute atomic E-state index is 0.0941. The lowest BCUT2D eigenvalue weighted by atomic mass is 9.77. The Labute approximate surface area is 176 Å². The molecule has 0 spiro atoms. The van der Waals surface area contributed by atoms with Gasteiger partial charge in [-0.1, -0.05) is 11.3 Å². The number of pyridine rings is 1. The van der Waals surface area contributed by atoms with Crippen molar-refractivity contribution in [3.8, 4) is 11.4 Å². The lowest BCUT2D eigenvalue weighted by Crippen LogP contribution is -2.38. The Kier molecular flexibility index (Phi) is 5.28. The van der Waals surface area contributed by atoms with Gasteiger partial charge < -0.3 is 9.84 Å². The topological polar surface area (TPSA) is 93.4 Å². The number of aryl methyl sites for hydroxylation is 1. The molecule has 0 radical (unpaired) electrons. The van der Waals surface area contributed by atoms with Crippen molar-refractivity contribution in [1.82, 2.24) is 24.9 Å². The summed E-state index contributed by atoms with van der Waals surface area (Å²) in [5, 5.41) is 18.0. The molecular formula is C22H29N5O3. The second-order valence-electron chi connectivity index (χ2n) is 9.21. The van der Waals surface area contributed by atoms with Gasteiger partial charge in [0.2, 0.25) is 0 Å². The van der Waals surface area contributed by atoms with Crippen LogP contribution in [0.25, 0.3) is 11.4 Å². The van der Waals surface area contributed by atoms with Gasteiger partial charge in [0.1, 0.15) is 5.69 Å². The van der Waals surface area contributed by atoms with Crippen molar-refractivity contribution < 1.29 is 14.6 Å². The molecule has 1 aliphatic heterocycles. The predicted molar refractivity (Wildman–Crippen MR) is 110 cm³/mol. The minimum atomic E-state index is -0.752. The Morgan fingerprint density at radius 3 is 2.73 bits per heavy atom. The summed E-state index contributed by atoms with van der Waals surface area (Å²) in [5.41, 5.74) is 2.57. The van der Waals surface area contributed by atoms with E-state index in [1.807, 2.05) is 36.0 Å². The fraction of sp³-hybridized carbons (Fsp3) is 0.636. The molecular weight excluding hydrogens is 382 g/mol. The van der Waals surface area contributed by atoms with Crippen LogP contribution in [0.3, 0.4) is 0 Å². The molecule has 8 heteroatoms. The molecule has 1 saturated heterocycles. The summed E-state index contributed by atoms with van der Waals surface area (Å²) in [6.07, 6.45) is 6.52. The molecule has 160 valence electrons. The number of hydrogen-bond donors (Lipinski definition) is 1. The number of ether oxygens (including phenoxy) is 1. The number of aliphatic carboxylic acids is 1. The van der Waals surface area contributed by atoms with Crippen LogP contribution < -0.4 is 0 Å². The van der Waals surface area contributed by atoms with Gasteiger partial charge in [0.15, 0.2) is 0 Å². The van der Waals surface area contributed by atoms with Crippen LogP contribution >= 0.6 is 0 Å². The van der Waals surface area contributed by atoms with Crippen molar-refractivity contribution in [3.05, 3.63) is 30.1 Å². The summed E-state index contributed by atoms with van der Waals surface area (Å²) in [6, 6.07) is 6.04. The first-order chi connectivity index (χ1) is 14.5. The second kappa shape index (κ2) is 8.07. The van der Waals surface area contributed by atoms with Crippen LogP contribution in [0.15, 0.2) is 24.4 Å². The molecule has 8 nitrogen and oxygen atoms in total. The minimum Gasteiger partial charge on any atom is -0.480 e. The number of hydrogen-bond acceptors (Lipinski definition) is 6. The first-order valence-electron chi connectivity index (χ1n) is 11.0. The van der Waals surface area contributed by atoms with E-state index in [1.54, 1.807) is 0 Å². The normalized spacial score (nSPS) is 29.1. The standard InChI is InChI=1S/C22H29N5O3/c1-14-3-2-4-18(23-14)19-11-27(25-24-19)20-7-16-9-26(12-22(28)29)10-17(16)8-21(20)30-13-15-5-6-15/h2-4,11,15-17,20-21H,5-10,12-13H2,1H3,(H,28,29)/t16-,17+,20-,21-/m1/s1. The van der Waals surface area contributed by atoms with Crippen LogP contribution in [0.5, 0.6) is 0 Å². The number of aromatic nitrogens is 4. The number of likely N-dealkylation sites (tertiary alicyclic amines) is 1. The Balaban J connectivity index is 1.35. The van der Waals surface area contributed by atoms with Gasteiger partial charge in [-0.25, -0.2) is 4.68 Å². The largest absolute Gasteiger partial charge is 0.480 e. The number of carboxylic acid groups (broad SMARTS) is 1. The average molecular weight is 412 g/mol. The lowest BCUT2D eigenvalue weighted by Gasteiger charge is -2.37. The van der Waals surface area contributed by atoms with Crippen molar-refractivity contribution in [2.45, 2.75) is 44.8 Å². The van der Waals surface area contributed by atoms with Crippen LogP contribution in [-0.4, -0.2) is 68.3 Å². The first-order valence-corrected chi connectivity index (χ1v) is 11.0. The van der Waals surface area contributed by atoms with Crippen LogP contribution in [0.4, 0.5) is 0 Å². The maximum atomic E-state index is 11.2. The number of carbonyl (C=O) groups is 1. The van der Waals surface area contributed by atoms with E-state index < -0.39 is 5.97 Å². The van der Waals surface area contributed by atoms with Gasteiger partial charge in [0.25, 0.3) is 0 Å². The number of carboxylic acids is 1. The smallest absolute Gasteiger partial charge is 0.317 e. The van der Waals surface area contributed by atoms with Crippen molar-refractivity contribution in [2.24, 2.45) is 17.8 Å². The van der Waals surface area contributed by atoms with Crippen LogP contribution in [0.2, 0.25) is 0 Å². The van der Waals surface area contributed by atoms with E-state index in [2.05, 4.69) is 20.2 Å². The summed E-state index contributed by atoms with van der Waals surface area (Å²) in [6.45, 7) is 4.60. The van der Waals surface area contributed by atoms with Gasteiger partial charge in [0.05, 0.1) is 30.6 Å². The maximum Gasteiger partial charge on any atom is 0.317 e. The predicted octanol–water partition coefficient (Wildman–Crippen LogP) is 2.41. The number of fused-ring (bicyclic) bond motifs is 1. The Morgan fingerprint density at radius 1 is 1.20 bits per heavy atom. The number of nitrogens with zero attached hydrogens (tertiary/aromatic N) is 5. The van der Waals surface area contributed by atoms with E-state index in [0.29, 0.717) is 17.8 Å². The van der Waals surface area contributed by atoms with Gasteiger partial charge in [-0.15, -0.1) is 5.10 Å². The van der Waals surface area contributed by atoms with Gasteiger partial charge >= 0.3 is 5.97 Å². The number of rotatable bonds is 7. The van der Waals surface area contributed by atoms with Crippen LogP contribution in [0, 0.1) is 24.7 Å². The second-order valence-corrected chi connectivity index (χ2v) is 9.21. The van der Waals surface area contributed by atoms with Gasteiger partial charge in [-0.05, 0) is 62.5 Å². The zero-order chi connectivity index (χ0) is 20.7. The molecule has 2 aliphatic carbocycles. The van der Waals surface area contributed by atoms with E-state index in [0.717, 1.165) is 49.6 Å². The molecule has 4 atom stereocenters. The van der Waals surface area contributed by atoms with Gasteiger partial charge in [-0.2, -0.15) is 0 Å². The summed E-state index contributed by atoms with van der Waals surface area (Å²) < 4.78 is 8.36. The highest BCUT2D eigenvalue weighted by Crippen LogP contribution is 2.43. The maximum absolute atomic E-state index is 11.2. The fourth-order valence-electron chi connectivity index (χ4n) is 5.05. The third-order valence-corrected chi connectivity index (χ3v) is 6.76. The molecule has 0 bridgehead atoms. The summed E-state index contributed by atoms with van der Waals surface area (Å²) in [4.78, 5) is 17.8. The Bertz CT molecular complexity index is 912. The first kappa shape index (κ1) is 19.6. The molecule has 0 amide bonds. The van der Waals surface area contributed by atoms with Crippen molar-refractivity contribution >= 4 is 5.97 Å². The highest BCUT2D eigenvalue weighted by molar-refractivity contribution is 5.69. The average Bonchev–Trinajstić information content (AvgIpc) is 3.26. The van der Waals surface area contributed by atoms with Gasteiger partial charge in [-0.3, -0.25) is 14.7 Å². The van der Waals surface area contributed by atoms with Gasteiger partial charge in [0, 0.05) is 25.4 Å². The van der Waals surface area contributed by atoms with E-state index in [1.165, 1.54) is 12.8 Å². The molecule has 3 fully saturated rings. The molecule has 30 heavy (non-hydrogen) atoms. The third kappa shape index (κ3) is 4.25. The van der Waals surface area contributed by atoms with Crippen LogP contribution in [0.1, 0.15) is 37.4 Å². The van der Waals surface area contributed by atoms with E-state index >= 15 is 0 Å². The van der Waals surface area contributed by atoms with E-state index in [9.17, 15) is 9.90 Å². The molecule has 2 saturated carbocycles. The van der Waals surface area contributed by atoms with E-state index in [-0.39, 0.29) is 18.7 Å². The van der Waals surface area contributed by atoms with Crippen molar-refractivity contribution in [1.29, 1.82) is 0 Å². The molecule has 0 unspecified atom stereocenters. The molecule has 3 heterocycles. The fourth-order valence-corrected chi connectivity index (χ4v) is 5.05. The molecule has 1 N–H and O–H groups in total. The monoisotopic (exact) mass is 411 g/mol. The van der Waals surface area contributed by atoms with Crippen molar-refractivity contribution in [2.75, 3.05) is 26.2 Å². The molecule has 2 aromatic heterocycles. The summed E-state index contributed by atoms with van der Waals surface area (Å²) in [7, 11) is 0. The lowest BCUT2D eigenvalue weighted by molar-refractivity contribution is -0.138. The van der Waals surface area contributed by atoms with Crippen molar-refractivity contribution in [3.63, 3.8) is 0 Å². The Hall–Kier alpha value is -2.32. The third-order valence-electron chi connectivity index (χ3n) is 6.76. The van der Waals surface area contributed by atoms with Crippen LogP contribution in [-0.2, 0) is 9.53 Å². The summed E-state index contributed by atoms with van der Waals surface area (Å²) >= 11 is 0. The molecule has 5 rings (SSSR count). The zero-order valence-electron chi connectivity index (χ0n) is 17.4. The molecule has 3 aliphatic rings. The SMILES string of the molecule is Cc1cccc(-c2cn([C@@H]3C[C@@H]4CN(CC(=O)O)C[C@@H]4C[C@H]3OCC3CC3)nn2)n1. The quantitative estimate of drug-likeness (QED) is 0.748. The highest BCUT2D eigenvalue weighted by Gasteiger charge is 2.44. The molecule has 0 aromatic carbocycles. The Morgan fingerprint density at radius 2 is 2.00 bits per heavy atom. The molecule has 2 aromatic rings. The van der Waals surface area contributed by atoms with E-state index in [4.69, 9.17) is 4.74 Å².